The molecule has 1 aliphatic rings. The molecule has 0 amide bonds. The maximum absolute atomic E-state index is 12.6. The smallest absolute Gasteiger partial charge is 0.405 e. The average molecular weight is 436 g/mol. The summed E-state index contributed by atoms with van der Waals surface area (Å²) in [6.45, 7) is 0.610. The molecule has 0 aromatic carbocycles. The van der Waals surface area contributed by atoms with Crippen LogP contribution in [0.15, 0.2) is 22.9 Å². The highest BCUT2D eigenvalue weighted by atomic mass is 19.4. The van der Waals surface area contributed by atoms with Crippen LogP contribution in [0, 0.1) is 12.8 Å². The molecule has 3 N–H and O–H groups in total. The van der Waals surface area contributed by atoms with Gasteiger partial charge in [0.05, 0.1) is 12.6 Å². The normalized spacial score (nSPS) is 19.1. The molecule has 0 bridgehead atoms. The molecular formula is C20H23F3N6O2. The summed E-state index contributed by atoms with van der Waals surface area (Å²) in [4.78, 5) is 17.0. The first-order chi connectivity index (χ1) is 14.8. The third kappa shape index (κ3) is 5.22. The molecule has 2 unspecified atom stereocenters. The number of hydrogen-bond donors (Lipinski definition) is 3. The van der Waals surface area contributed by atoms with Crippen molar-refractivity contribution >= 4 is 22.9 Å². The van der Waals surface area contributed by atoms with Crippen molar-refractivity contribution in [1.82, 2.24) is 19.9 Å². The number of alkyl halides is 3. The lowest BCUT2D eigenvalue weighted by molar-refractivity contribution is -0.115. The number of aliphatic hydroxyl groups excluding tert-OH is 1. The van der Waals surface area contributed by atoms with Crippen LogP contribution in [0.2, 0.25) is 0 Å². The Hall–Kier alpha value is -2.95. The highest BCUT2D eigenvalue weighted by Gasteiger charge is 2.29. The number of anilines is 2. The van der Waals surface area contributed by atoms with Gasteiger partial charge in [0.1, 0.15) is 17.9 Å². The molecule has 4 rings (SSSR count). The summed E-state index contributed by atoms with van der Waals surface area (Å²) in [6.07, 6.45) is 1.59. The third-order valence-electron chi connectivity index (χ3n) is 5.36. The number of aryl methyl sites for hydroxylation is 1. The van der Waals surface area contributed by atoms with Crippen molar-refractivity contribution in [2.75, 3.05) is 23.8 Å². The number of nitrogens with zero attached hydrogens (tertiary/aromatic N) is 4. The van der Waals surface area contributed by atoms with E-state index in [1.165, 1.54) is 0 Å². The molecule has 3 aromatic rings. The molecule has 0 radical (unpaired) electrons. The van der Waals surface area contributed by atoms with Gasteiger partial charge in [0, 0.05) is 36.2 Å². The van der Waals surface area contributed by atoms with Gasteiger partial charge >= 0.3 is 6.18 Å². The van der Waals surface area contributed by atoms with Crippen molar-refractivity contribution in [3.8, 4) is 0 Å². The number of nitrogens with one attached hydrogen (secondary N) is 2. The van der Waals surface area contributed by atoms with Gasteiger partial charge in [-0.25, -0.2) is 9.97 Å². The van der Waals surface area contributed by atoms with Crippen molar-refractivity contribution in [1.29, 1.82) is 0 Å². The van der Waals surface area contributed by atoms with E-state index in [0.29, 0.717) is 34.1 Å². The van der Waals surface area contributed by atoms with Gasteiger partial charge in [-0.1, -0.05) is 0 Å². The summed E-state index contributed by atoms with van der Waals surface area (Å²) >= 11 is 0. The maximum atomic E-state index is 12.6. The molecule has 0 spiro atoms. The van der Waals surface area contributed by atoms with Crippen molar-refractivity contribution in [2.45, 2.75) is 44.8 Å². The van der Waals surface area contributed by atoms with Crippen LogP contribution in [0.4, 0.5) is 24.9 Å². The summed E-state index contributed by atoms with van der Waals surface area (Å²) in [5.41, 5.74) is 2.45. The topological polar surface area (TPSA) is 109 Å². The molecule has 0 saturated heterocycles. The van der Waals surface area contributed by atoms with E-state index < -0.39 is 12.7 Å². The Bertz CT molecular complexity index is 1020. The lowest BCUT2D eigenvalue weighted by atomic mass is 10.1. The Balaban J connectivity index is 1.62. The third-order valence-corrected chi connectivity index (χ3v) is 5.36. The summed E-state index contributed by atoms with van der Waals surface area (Å²) in [7, 11) is 0. The molecule has 166 valence electrons. The highest BCUT2D eigenvalue weighted by molar-refractivity contribution is 5.71. The largest absolute Gasteiger partial charge is 0.440 e. The minimum Gasteiger partial charge on any atom is -0.440 e. The van der Waals surface area contributed by atoms with Gasteiger partial charge in [-0.2, -0.15) is 18.2 Å². The van der Waals surface area contributed by atoms with E-state index in [1.54, 1.807) is 25.4 Å². The molecule has 1 saturated carbocycles. The number of hydrogen-bond acceptors (Lipinski definition) is 8. The van der Waals surface area contributed by atoms with E-state index in [9.17, 15) is 18.3 Å². The van der Waals surface area contributed by atoms with Crippen LogP contribution >= 0.6 is 0 Å². The monoisotopic (exact) mass is 436 g/mol. The quantitative estimate of drug-likeness (QED) is 0.517. The van der Waals surface area contributed by atoms with E-state index in [4.69, 9.17) is 4.42 Å². The van der Waals surface area contributed by atoms with Crippen molar-refractivity contribution < 1.29 is 22.7 Å². The number of fused-ring (bicyclic) bond motifs is 1. The van der Waals surface area contributed by atoms with Gasteiger partial charge in [0.2, 0.25) is 5.95 Å². The van der Waals surface area contributed by atoms with Gasteiger partial charge in [-0.15, -0.1) is 0 Å². The zero-order valence-corrected chi connectivity index (χ0v) is 16.9. The summed E-state index contributed by atoms with van der Waals surface area (Å²) < 4.78 is 43.7. The molecule has 3 aromatic heterocycles. The van der Waals surface area contributed by atoms with Crippen molar-refractivity contribution in [2.24, 2.45) is 5.92 Å². The van der Waals surface area contributed by atoms with E-state index in [2.05, 4.69) is 30.6 Å². The second kappa shape index (κ2) is 8.66. The van der Waals surface area contributed by atoms with Gasteiger partial charge in [0.15, 0.2) is 11.5 Å². The minimum atomic E-state index is -4.38. The van der Waals surface area contributed by atoms with E-state index in [0.717, 1.165) is 19.3 Å². The van der Waals surface area contributed by atoms with Gasteiger partial charge in [-0.3, -0.25) is 4.98 Å². The first kappa shape index (κ1) is 21.3. The van der Waals surface area contributed by atoms with E-state index in [1.807, 2.05) is 0 Å². The molecule has 1 aliphatic carbocycles. The highest BCUT2D eigenvalue weighted by Crippen LogP contribution is 2.30. The first-order valence-corrected chi connectivity index (χ1v) is 10.1. The standard InChI is InChI=1S/C20H23F3N6O2/c1-11-14(7-17-28-15-8-24-5-4-16(15)31-17)18(27-13-3-2-12(6-13)9-30)29-19(26-11)25-10-20(21,22)23/h4-5,8,12-13,30H,2-3,6-7,9-10H2,1H3,(H2,25,26,27,29). The van der Waals surface area contributed by atoms with E-state index >= 15 is 0 Å². The van der Waals surface area contributed by atoms with Crippen LogP contribution in [0.5, 0.6) is 0 Å². The summed E-state index contributed by atoms with van der Waals surface area (Å²) in [5, 5.41) is 15.0. The van der Waals surface area contributed by atoms with Crippen molar-refractivity contribution in [3.05, 3.63) is 35.6 Å². The lowest BCUT2D eigenvalue weighted by Crippen LogP contribution is -2.24. The van der Waals surface area contributed by atoms with Crippen LogP contribution in [-0.2, 0) is 6.42 Å². The molecule has 1 fully saturated rings. The Labute approximate surface area is 176 Å². The number of aliphatic hydroxyl groups is 1. The molecule has 0 aliphatic heterocycles. The SMILES string of the molecule is Cc1nc(NCC(F)(F)F)nc(NC2CCC(CO)C2)c1Cc1nc2cnccc2o1. The van der Waals surface area contributed by atoms with Gasteiger partial charge < -0.3 is 20.2 Å². The Morgan fingerprint density at radius 3 is 2.77 bits per heavy atom. The van der Waals surface area contributed by atoms with Crippen molar-refractivity contribution in [3.63, 3.8) is 0 Å². The van der Waals surface area contributed by atoms with Crippen LogP contribution in [0.3, 0.4) is 0 Å². The van der Waals surface area contributed by atoms with Crippen LogP contribution in [-0.4, -0.2) is 50.4 Å². The van der Waals surface area contributed by atoms with Gasteiger partial charge in [-0.05, 0) is 32.1 Å². The summed E-state index contributed by atoms with van der Waals surface area (Å²) in [5.74, 6) is 0.991. The molecule has 8 nitrogen and oxygen atoms in total. The molecular weight excluding hydrogens is 413 g/mol. The van der Waals surface area contributed by atoms with Crippen LogP contribution < -0.4 is 10.6 Å². The molecule has 3 heterocycles. The fourth-order valence-electron chi connectivity index (χ4n) is 3.81. The number of pyridine rings is 1. The Morgan fingerprint density at radius 2 is 2.06 bits per heavy atom. The maximum Gasteiger partial charge on any atom is 0.405 e. The first-order valence-electron chi connectivity index (χ1n) is 10.1. The second-order valence-corrected chi connectivity index (χ2v) is 7.76. The predicted molar refractivity (Wildman–Crippen MR) is 108 cm³/mol. The zero-order valence-electron chi connectivity index (χ0n) is 16.9. The molecule has 31 heavy (non-hydrogen) atoms. The van der Waals surface area contributed by atoms with Crippen LogP contribution in [0.25, 0.3) is 11.1 Å². The average Bonchev–Trinajstić information content (AvgIpc) is 3.34. The zero-order chi connectivity index (χ0) is 22.0. The van der Waals surface area contributed by atoms with Gasteiger partial charge in [0.25, 0.3) is 0 Å². The minimum absolute atomic E-state index is 0.0634. The molecule has 11 heteroatoms. The lowest BCUT2D eigenvalue weighted by Gasteiger charge is -2.19. The summed E-state index contributed by atoms with van der Waals surface area (Å²) in [6, 6.07) is 1.78. The fourth-order valence-corrected chi connectivity index (χ4v) is 3.81. The Kier molecular flexibility index (Phi) is 5.94. The number of halogens is 3. The molecule has 2 atom stereocenters. The number of oxazole rings is 1. The van der Waals surface area contributed by atoms with Crippen LogP contribution in [0.1, 0.15) is 36.4 Å². The predicted octanol–water partition coefficient (Wildman–Crippen LogP) is 3.46. The fraction of sp³-hybridized carbons (Fsp3) is 0.500. The number of aromatic nitrogens is 4. The number of rotatable bonds is 7. The Morgan fingerprint density at radius 1 is 1.23 bits per heavy atom. The second-order valence-electron chi connectivity index (χ2n) is 7.76. The van der Waals surface area contributed by atoms with E-state index in [-0.39, 0.29) is 30.9 Å².